The number of para-hydroxylation sites is 1. The zero-order valence-corrected chi connectivity index (χ0v) is 19.9. The quantitative estimate of drug-likeness (QED) is 0.278. The van der Waals surface area contributed by atoms with Crippen molar-refractivity contribution >= 4 is 30.3 Å². The molecule has 0 bridgehead atoms. The number of hydrogen-bond donors (Lipinski definition) is 0. The topological polar surface area (TPSA) is 42.4 Å². The van der Waals surface area contributed by atoms with Crippen molar-refractivity contribution in [2.45, 2.75) is 38.6 Å². The molecule has 0 aliphatic carbocycles. The van der Waals surface area contributed by atoms with E-state index in [1.807, 2.05) is 48.5 Å². The van der Waals surface area contributed by atoms with Gasteiger partial charge in [-0.15, -0.1) is 12.4 Å². The van der Waals surface area contributed by atoms with E-state index in [-0.39, 0.29) is 12.4 Å². The van der Waals surface area contributed by atoms with Crippen molar-refractivity contribution in [1.82, 2.24) is 9.88 Å². The van der Waals surface area contributed by atoms with Gasteiger partial charge in [0, 0.05) is 18.7 Å². The van der Waals surface area contributed by atoms with Gasteiger partial charge in [-0.25, -0.2) is 4.98 Å². The number of pyridine rings is 1. The van der Waals surface area contributed by atoms with Crippen LogP contribution >= 0.6 is 24.0 Å². The molecule has 4 nitrogen and oxygen atoms in total. The van der Waals surface area contributed by atoms with Gasteiger partial charge in [0.15, 0.2) is 0 Å². The Morgan fingerprint density at radius 2 is 1.97 bits per heavy atom. The number of nitrogens with zero attached hydrogens (tertiary/aromatic N) is 2. The Balaban J connectivity index is 0.00000289. The maximum absolute atomic E-state index is 11.9. The lowest BCUT2D eigenvalue weighted by Crippen LogP contribution is -2.20. The molecular weight excluding hydrogens is 443 g/mol. The molecule has 1 fully saturated rings. The van der Waals surface area contributed by atoms with Gasteiger partial charge in [0.05, 0.1) is 5.69 Å². The minimum absolute atomic E-state index is 0. The molecule has 1 atom stereocenters. The lowest BCUT2D eigenvalue weighted by atomic mass is 9.94. The number of benzene rings is 2. The SMILES string of the molecule is CC(C)c1ccccc1Oc1ccc(C2CCN(Cc3cccc(Cl)n3)C2)c(C=O)c1.Cl. The number of aldehydes is 1. The van der Waals surface area contributed by atoms with Crippen LogP contribution in [-0.2, 0) is 6.54 Å². The highest BCUT2D eigenvalue weighted by atomic mass is 35.5. The van der Waals surface area contributed by atoms with Crippen molar-refractivity contribution in [3.05, 3.63) is 88.2 Å². The Hall–Kier alpha value is -2.40. The molecule has 1 saturated heterocycles. The lowest BCUT2D eigenvalue weighted by Gasteiger charge is -2.18. The number of halogens is 2. The van der Waals surface area contributed by atoms with Crippen LogP contribution in [0.5, 0.6) is 11.5 Å². The summed E-state index contributed by atoms with van der Waals surface area (Å²) in [7, 11) is 0. The number of carbonyl (C=O) groups is 1. The number of aromatic nitrogens is 1. The van der Waals surface area contributed by atoms with Gasteiger partial charge in [-0.05, 0) is 66.3 Å². The second-order valence-corrected chi connectivity index (χ2v) is 8.76. The Morgan fingerprint density at radius 3 is 2.72 bits per heavy atom. The predicted molar refractivity (Wildman–Crippen MR) is 132 cm³/mol. The fourth-order valence-electron chi connectivity index (χ4n) is 4.27. The van der Waals surface area contributed by atoms with Crippen LogP contribution in [0.15, 0.2) is 60.7 Å². The van der Waals surface area contributed by atoms with E-state index < -0.39 is 0 Å². The summed E-state index contributed by atoms with van der Waals surface area (Å²) in [5, 5.41) is 0.520. The van der Waals surface area contributed by atoms with E-state index in [9.17, 15) is 4.79 Å². The van der Waals surface area contributed by atoms with E-state index in [0.29, 0.717) is 28.3 Å². The zero-order chi connectivity index (χ0) is 21.8. The summed E-state index contributed by atoms with van der Waals surface area (Å²) in [6.45, 7) is 6.92. The van der Waals surface area contributed by atoms with Crippen LogP contribution in [0.2, 0.25) is 5.15 Å². The van der Waals surface area contributed by atoms with E-state index in [4.69, 9.17) is 16.3 Å². The van der Waals surface area contributed by atoms with Gasteiger partial charge in [-0.1, -0.05) is 55.8 Å². The van der Waals surface area contributed by atoms with Crippen molar-refractivity contribution in [3.63, 3.8) is 0 Å². The van der Waals surface area contributed by atoms with Crippen molar-refractivity contribution < 1.29 is 9.53 Å². The summed E-state index contributed by atoms with van der Waals surface area (Å²) in [5.41, 5.74) is 3.91. The summed E-state index contributed by atoms with van der Waals surface area (Å²) >= 11 is 6.01. The first-order chi connectivity index (χ1) is 15.0. The largest absolute Gasteiger partial charge is 0.457 e. The molecule has 32 heavy (non-hydrogen) atoms. The third-order valence-corrected chi connectivity index (χ3v) is 6.04. The number of likely N-dealkylation sites (tertiary alicyclic amines) is 1. The summed E-state index contributed by atoms with van der Waals surface area (Å²) in [6.07, 6.45) is 1.95. The van der Waals surface area contributed by atoms with Crippen LogP contribution < -0.4 is 4.74 Å². The molecule has 2 aromatic carbocycles. The van der Waals surface area contributed by atoms with Crippen molar-refractivity contribution in [2.75, 3.05) is 13.1 Å². The Labute approximate surface area is 201 Å². The van der Waals surface area contributed by atoms with Crippen LogP contribution in [0.4, 0.5) is 0 Å². The summed E-state index contributed by atoms with van der Waals surface area (Å²) in [6, 6.07) is 19.6. The molecule has 168 valence electrons. The highest BCUT2D eigenvalue weighted by Crippen LogP contribution is 2.34. The van der Waals surface area contributed by atoms with Gasteiger partial charge in [-0.3, -0.25) is 9.69 Å². The maximum atomic E-state index is 11.9. The van der Waals surface area contributed by atoms with Gasteiger partial charge >= 0.3 is 0 Å². The normalized spacial score (nSPS) is 16.1. The molecule has 3 aromatic rings. The second-order valence-electron chi connectivity index (χ2n) is 8.38. The van der Waals surface area contributed by atoms with Crippen LogP contribution in [0, 0.1) is 0 Å². The van der Waals surface area contributed by atoms with Gasteiger partial charge < -0.3 is 4.74 Å². The van der Waals surface area contributed by atoms with Gasteiger partial charge in [0.2, 0.25) is 0 Å². The first-order valence-electron chi connectivity index (χ1n) is 10.7. The summed E-state index contributed by atoms with van der Waals surface area (Å²) in [4.78, 5) is 18.6. The molecule has 0 amide bonds. The van der Waals surface area contributed by atoms with Crippen molar-refractivity contribution in [3.8, 4) is 11.5 Å². The maximum Gasteiger partial charge on any atom is 0.150 e. The van der Waals surface area contributed by atoms with E-state index in [2.05, 4.69) is 29.8 Å². The first kappa shape index (κ1) is 24.2. The Kier molecular flexibility index (Phi) is 8.30. The number of hydrogen-bond acceptors (Lipinski definition) is 4. The molecule has 0 radical (unpaired) electrons. The Morgan fingerprint density at radius 1 is 1.16 bits per heavy atom. The van der Waals surface area contributed by atoms with Crippen LogP contribution in [0.25, 0.3) is 0 Å². The molecule has 1 unspecified atom stereocenters. The summed E-state index contributed by atoms with van der Waals surface area (Å²) < 4.78 is 6.15. The molecule has 2 heterocycles. The smallest absolute Gasteiger partial charge is 0.150 e. The Bertz CT molecular complexity index is 1070. The molecule has 0 spiro atoms. The van der Waals surface area contributed by atoms with E-state index in [1.54, 1.807) is 6.07 Å². The molecule has 1 aromatic heterocycles. The first-order valence-corrected chi connectivity index (χ1v) is 11.1. The van der Waals surface area contributed by atoms with Gasteiger partial charge in [0.1, 0.15) is 22.9 Å². The third kappa shape index (κ3) is 5.69. The van der Waals surface area contributed by atoms with Gasteiger partial charge in [0.25, 0.3) is 0 Å². The molecule has 0 N–H and O–H groups in total. The van der Waals surface area contributed by atoms with Gasteiger partial charge in [-0.2, -0.15) is 0 Å². The highest BCUT2D eigenvalue weighted by Gasteiger charge is 2.26. The van der Waals surface area contributed by atoms with Crippen molar-refractivity contribution in [2.24, 2.45) is 0 Å². The third-order valence-electron chi connectivity index (χ3n) is 5.82. The average Bonchev–Trinajstić information content (AvgIpc) is 3.22. The number of rotatable bonds is 7. The van der Waals surface area contributed by atoms with Crippen molar-refractivity contribution in [1.29, 1.82) is 0 Å². The highest BCUT2D eigenvalue weighted by molar-refractivity contribution is 6.29. The monoisotopic (exact) mass is 470 g/mol. The second kappa shape index (κ2) is 11.0. The molecule has 1 aliphatic heterocycles. The van der Waals surface area contributed by atoms with E-state index >= 15 is 0 Å². The van der Waals surface area contributed by atoms with Crippen LogP contribution in [0.3, 0.4) is 0 Å². The van der Waals surface area contributed by atoms with E-state index in [1.165, 1.54) is 0 Å². The fourth-order valence-corrected chi connectivity index (χ4v) is 4.45. The standard InChI is InChI=1S/C26H27ClN2O2.ClH/c1-18(2)23-7-3-4-8-25(23)31-22-10-11-24(20(14-22)17-30)19-12-13-29(15-19)16-21-6-5-9-26(27)28-21;/h3-11,14,17-19H,12-13,15-16H2,1-2H3;1H. The number of carbonyl (C=O) groups excluding carboxylic acids is 1. The summed E-state index contributed by atoms with van der Waals surface area (Å²) in [5.74, 6) is 2.20. The zero-order valence-electron chi connectivity index (χ0n) is 18.3. The molecule has 1 aliphatic rings. The minimum atomic E-state index is 0. The molecular formula is C26H28Cl2N2O2. The van der Waals surface area contributed by atoms with Crippen LogP contribution in [-0.4, -0.2) is 29.3 Å². The molecule has 6 heteroatoms. The minimum Gasteiger partial charge on any atom is -0.457 e. The molecule has 0 saturated carbocycles. The number of ether oxygens (including phenoxy) is 1. The predicted octanol–water partition coefficient (Wildman–Crippen LogP) is 6.87. The molecule has 4 rings (SSSR count). The fraction of sp³-hybridized carbons (Fsp3) is 0.308. The average molecular weight is 471 g/mol. The lowest BCUT2D eigenvalue weighted by molar-refractivity contribution is 0.112. The van der Waals surface area contributed by atoms with Crippen LogP contribution in [0.1, 0.15) is 59.3 Å². The van der Waals surface area contributed by atoms with E-state index in [0.717, 1.165) is 54.9 Å².